The molecule has 1 aliphatic heterocycles. The number of thiazole rings is 1. The molecule has 0 saturated heterocycles. The number of hydrogen-bond acceptors (Lipinski definition) is 5. The topological polar surface area (TPSA) is 57.4 Å². The zero-order valence-electron chi connectivity index (χ0n) is 12.1. The maximum absolute atomic E-state index is 5.98. The van der Waals surface area contributed by atoms with Crippen molar-refractivity contribution >= 4 is 16.5 Å². The second kappa shape index (κ2) is 4.38. The van der Waals surface area contributed by atoms with Crippen LogP contribution in [0.15, 0.2) is 12.1 Å². The molecule has 2 heterocycles. The maximum atomic E-state index is 5.98. The van der Waals surface area contributed by atoms with Gasteiger partial charge in [-0.1, -0.05) is 0 Å². The Hall–Kier alpha value is -1.75. The van der Waals surface area contributed by atoms with Crippen LogP contribution in [-0.2, 0) is 6.42 Å². The Morgan fingerprint density at radius 2 is 2.15 bits per heavy atom. The molecule has 0 bridgehead atoms. The molecule has 0 fully saturated rings. The average molecular weight is 290 g/mol. The highest BCUT2D eigenvalue weighted by Gasteiger charge is 2.33. The third kappa shape index (κ3) is 2.12. The molecule has 0 saturated carbocycles. The fourth-order valence-electron chi connectivity index (χ4n) is 2.65. The Morgan fingerprint density at radius 3 is 2.75 bits per heavy atom. The van der Waals surface area contributed by atoms with E-state index in [4.69, 9.17) is 15.2 Å². The Kier molecular flexibility index (Phi) is 2.90. The van der Waals surface area contributed by atoms with Gasteiger partial charge in [0.2, 0.25) is 0 Å². The van der Waals surface area contributed by atoms with Crippen LogP contribution < -0.4 is 15.2 Å². The summed E-state index contributed by atoms with van der Waals surface area (Å²) in [5.74, 6) is 1.61. The SMILES string of the molecule is COc1cc(-c2nc(N)sc2C)cc2c1OC(C)(C)C2. The summed E-state index contributed by atoms with van der Waals surface area (Å²) in [5, 5.41) is 0.591. The quantitative estimate of drug-likeness (QED) is 0.920. The minimum absolute atomic E-state index is 0.190. The fourth-order valence-corrected chi connectivity index (χ4v) is 3.36. The van der Waals surface area contributed by atoms with E-state index in [1.807, 2.05) is 13.0 Å². The molecule has 1 aromatic heterocycles. The number of fused-ring (bicyclic) bond motifs is 1. The van der Waals surface area contributed by atoms with Gasteiger partial charge >= 0.3 is 0 Å². The first-order valence-corrected chi connectivity index (χ1v) is 7.34. The molecule has 1 aromatic carbocycles. The summed E-state index contributed by atoms with van der Waals surface area (Å²) in [7, 11) is 1.66. The van der Waals surface area contributed by atoms with Gasteiger partial charge in [-0.05, 0) is 32.9 Å². The second-order valence-electron chi connectivity index (χ2n) is 5.66. The van der Waals surface area contributed by atoms with Crippen LogP contribution in [0.1, 0.15) is 24.3 Å². The number of ether oxygens (including phenoxy) is 2. The van der Waals surface area contributed by atoms with Crippen LogP contribution in [0.4, 0.5) is 5.13 Å². The number of nitrogens with two attached hydrogens (primary N) is 1. The van der Waals surface area contributed by atoms with Gasteiger partial charge in [0, 0.05) is 22.4 Å². The molecule has 0 atom stereocenters. The van der Waals surface area contributed by atoms with Crippen molar-refractivity contribution in [3.63, 3.8) is 0 Å². The number of methoxy groups -OCH3 is 1. The zero-order chi connectivity index (χ0) is 14.5. The van der Waals surface area contributed by atoms with E-state index in [9.17, 15) is 0 Å². The molecule has 0 spiro atoms. The predicted octanol–water partition coefficient (Wildman–Crippen LogP) is 3.42. The number of nitrogens with zero attached hydrogens (tertiary/aromatic N) is 1. The van der Waals surface area contributed by atoms with Crippen molar-refractivity contribution < 1.29 is 9.47 Å². The van der Waals surface area contributed by atoms with Gasteiger partial charge < -0.3 is 15.2 Å². The molecule has 2 N–H and O–H groups in total. The van der Waals surface area contributed by atoms with Crippen molar-refractivity contribution in [2.45, 2.75) is 32.8 Å². The van der Waals surface area contributed by atoms with Gasteiger partial charge in [-0.3, -0.25) is 0 Å². The minimum atomic E-state index is -0.190. The number of rotatable bonds is 2. The van der Waals surface area contributed by atoms with Crippen molar-refractivity contribution in [1.29, 1.82) is 0 Å². The van der Waals surface area contributed by atoms with Gasteiger partial charge in [-0.15, -0.1) is 11.3 Å². The van der Waals surface area contributed by atoms with Gasteiger partial charge in [0.05, 0.1) is 12.8 Å². The van der Waals surface area contributed by atoms with E-state index in [2.05, 4.69) is 24.9 Å². The lowest BCUT2D eigenvalue weighted by Gasteiger charge is -2.17. The monoisotopic (exact) mass is 290 g/mol. The van der Waals surface area contributed by atoms with Crippen LogP contribution in [0.25, 0.3) is 11.3 Å². The molecule has 4 nitrogen and oxygen atoms in total. The van der Waals surface area contributed by atoms with Crippen molar-refractivity contribution in [1.82, 2.24) is 4.98 Å². The summed E-state index contributed by atoms with van der Waals surface area (Å²) >= 11 is 1.51. The predicted molar refractivity (Wildman–Crippen MR) is 81.7 cm³/mol. The second-order valence-corrected chi connectivity index (χ2v) is 6.90. The van der Waals surface area contributed by atoms with Crippen molar-refractivity contribution in [3.05, 3.63) is 22.6 Å². The van der Waals surface area contributed by atoms with Crippen LogP contribution in [-0.4, -0.2) is 17.7 Å². The molecule has 1 aliphatic rings. The molecule has 106 valence electrons. The standard InChI is InChI=1S/C15H18N2O2S/c1-8-12(17-14(16)20-8)9-5-10-7-15(2,3)19-13(10)11(6-9)18-4/h5-6H,7H2,1-4H3,(H2,16,17). The molecule has 0 radical (unpaired) electrons. The van der Waals surface area contributed by atoms with E-state index < -0.39 is 0 Å². The first-order valence-electron chi connectivity index (χ1n) is 6.53. The molecule has 0 amide bonds. The number of nitrogen functional groups attached to an aromatic ring is 1. The Bertz CT molecular complexity index is 677. The van der Waals surface area contributed by atoms with Crippen LogP contribution in [0, 0.1) is 6.92 Å². The largest absolute Gasteiger partial charge is 0.493 e. The highest BCUT2D eigenvalue weighted by Crippen LogP contribution is 2.45. The summed E-state index contributed by atoms with van der Waals surface area (Å²) in [5.41, 5.74) is 8.73. The molecule has 5 heteroatoms. The van der Waals surface area contributed by atoms with Gasteiger partial charge in [0.15, 0.2) is 16.6 Å². The highest BCUT2D eigenvalue weighted by molar-refractivity contribution is 7.15. The Morgan fingerprint density at radius 1 is 1.40 bits per heavy atom. The number of aromatic nitrogens is 1. The van der Waals surface area contributed by atoms with Crippen LogP contribution in [0.2, 0.25) is 0 Å². The van der Waals surface area contributed by atoms with Crippen LogP contribution >= 0.6 is 11.3 Å². The minimum Gasteiger partial charge on any atom is -0.493 e. The molecule has 3 rings (SSSR count). The van der Waals surface area contributed by atoms with E-state index >= 15 is 0 Å². The molecular formula is C15H18N2O2S. The van der Waals surface area contributed by atoms with Gasteiger partial charge in [-0.2, -0.15) is 0 Å². The first kappa shape index (κ1) is 13.2. The van der Waals surface area contributed by atoms with E-state index in [1.54, 1.807) is 7.11 Å². The summed E-state index contributed by atoms with van der Waals surface area (Å²) < 4.78 is 11.5. The van der Waals surface area contributed by atoms with E-state index in [1.165, 1.54) is 11.3 Å². The first-order chi connectivity index (χ1) is 9.39. The fraction of sp³-hybridized carbons (Fsp3) is 0.400. The number of benzene rings is 1. The lowest BCUT2D eigenvalue weighted by Crippen LogP contribution is -2.24. The lowest BCUT2D eigenvalue weighted by molar-refractivity contribution is 0.134. The molecular weight excluding hydrogens is 272 g/mol. The Labute approximate surface area is 122 Å². The normalized spacial score (nSPS) is 15.8. The lowest BCUT2D eigenvalue weighted by atomic mass is 9.99. The van der Waals surface area contributed by atoms with Crippen LogP contribution in [0.5, 0.6) is 11.5 Å². The third-order valence-electron chi connectivity index (χ3n) is 3.43. The molecule has 2 aromatic rings. The summed E-state index contributed by atoms with van der Waals surface area (Å²) in [6, 6.07) is 4.11. The average Bonchev–Trinajstić information content (AvgIpc) is 2.85. The smallest absolute Gasteiger partial charge is 0.180 e. The zero-order valence-corrected chi connectivity index (χ0v) is 12.9. The summed E-state index contributed by atoms with van der Waals surface area (Å²) in [6.07, 6.45) is 0.866. The van der Waals surface area contributed by atoms with E-state index in [0.717, 1.165) is 39.6 Å². The maximum Gasteiger partial charge on any atom is 0.180 e. The molecule has 0 unspecified atom stereocenters. The van der Waals surface area contributed by atoms with E-state index in [-0.39, 0.29) is 5.60 Å². The third-order valence-corrected chi connectivity index (χ3v) is 4.23. The van der Waals surface area contributed by atoms with Crippen molar-refractivity contribution in [3.8, 4) is 22.8 Å². The highest BCUT2D eigenvalue weighted by atomic mass is 32.1. The van der Waals surface area contributed by atoms with E-state index in [0.29, 0.717) is 5.13 Å². The number of anilines is 1. The Balaban J connectivity index is 2.14. The van der Waals surface area contributed by atoms with Crippen molar-refractivity contribution in [2.75, 3.05) is 12.8 Å². The van der Waals surface area contributed by atoms with Gasteiger partial charge in [0.1, 0.15) is 5.60 Å². The van der Waals surface area contributed by atoms with Gasteiger partial charge in [0.25, 0.3) is 0 Å². The molecule has 0 aliphatic carbocycles. The molecule has 20 heavy (non-hydrogen) atoms. The summed E-state index contributed by atoms with van der Waals surface area (Å²) in [4.78, 5) is 5.53. The van der Waals surface area contributed by atoms with Gasteiger partial charge in [-0.25, -0.2) is 4.98 Å². The summed E-state index contributed by atoms with van der Waals surface area (Å²) in [6.45, 7) is 6.19. The van der Waals surface area contributed by atoms with Crippen LogP contribution in [0.3, 0.4) is 0 Å². The number of hydrogen-bond donors (Lipinski definition) is 1. The number of aryl methyl sites for hydroxylation is 1. The van der Waals surface area contributed by atoms with Crippen molar-refractivity contribution in [2.24, 2.45) is 0 Å².